The number of nitrogens with two attached hydrogens (primary N) is 1. The van der Waals surface area contributed by atoms with Gasteiger partial charge in [-0.1, -0.05) is 48.3 Å². The van der Waals surface area contributed by atoms with E-state index in [1.165, 1.54) is 7.11 Å². The van der Waals surface area contributed by atoms with Crippen LogP contribution in [0.4, 0.5) is 0 Å². The summed E-state index contributed by atoms with van der Waals surface area (Å²) >= 11 is 0. The number of hydrogen-bond donors (Lipinski definition) is 1. The van der Waals surface area contributed by atoms with E-state index in [4.69, 9.17) is 0 Å². The Morgan fingerprint density at radius 1 is 1.00 bits per heavy atom. The van der Waals surface area contributed by atoms with E-state index in [0.717, 1.165) is 6.29 Å². The smallest absolute Gasteiger partial charge is 0.136 e. The lowest BCUT2D eigenvalue weighted by Gasteiger charge is -2.14. The molecule has 0 aliphatic rings. The predicted molar refractivity (Wildman–Crippen MR) is 110 cm³/mol. The first-order valence-electron chi connectivity index (χ1n) is 5.86. The molecule has 0 saturated carbocycles. The Balaban J connectivity index is -0.000000122. The van der Waals surface area contributed by atoms with Crippen molar-refractivity contribution in [3.8, 4) is 0 Å². The molecule has 0 aromatic heterocycles. The lowest BCUT2D eigenvalue weighted by atomic mass is 10.2. The van der Waals surface area contributed by atoms with Gasteiger partial charge in [0.25, 0.3) is 0 Å². The van der Waals surface area contributed by atoms with Crippen LogP contribution < -0.4 is 5.90 Å². The highest BCUT2D eigenvalue weighted by atomic mass is 35.5. The van der Waals surface area contributed by atoms with Crippen molar-refractivity contribution in [3.05, 3.63) is 0 Å². The van der Waals surface area contributed by atoms with Gasteiger partial charge in [-0.05, 0) is 40.2 Å². The zero-order chi connectivity index (χ0) is 17.4. The minimum Gasteiger partial charge on any atom is -0.399 e. The molecule has 0 rings (SSSR count). The molecule has 0 radical (unpaired) electrons. The number of carbonyl (C=O) groups excluding carboxylic acids is 1. The number of aldehydes is 1. The summed E-state index contributed by atoms with van der Waals surface area (Å²) in [7, 11) is 9.65. The fourth-order valence-corrected chi connectivity index (χ4v) is 4.46. The number of hydrogen-bond acceptors (Lipinski definition) is 9. The van der Waals surface area contributed by atoms with Crippen LogP contribution in [0.15, 0.2) is 5.16 Å². The molecule has 0 atom stereocenters. The Kier molecular flexibility index (Phi) is 27.5. The molecule has 0 amide bonds. The third-order valence-corrected chi connectivity index (χ3v) is 6.32. The van der Waals surface area contributed by atoms with Gasteiger partial charge < -0.3 is 14.5 Å². The van der Waals surface area contributed by atoms with Crippen LogP contribution in [0.1, 0.15) is 27.7 Å². The zero-order valence-electron chi connectivity index (χ0n) is 14.4. The lowest BCUT2D eigenvalue weighted by molar-refractivity contribution is -0.109. The van der Waals surface area contributed by atoms with E-state index in [-0.39, 0.29) is 21.9 Å². The largest absolute Gasteiger partial charge is 0.399 e. The van der Waals surface area contributed by atoms with Crippen molar-refractivity contribution in [1.29, 1.82) is 0 Å². The van der Waals surface area contributed by atoms with E-state index < -0.39 is 0 Å². The van der Waals surface area contributed by atoms with Crippen LogP contribution in [-0.4, -0.2) is 48.7 Å². The van der Waals surface area contributed by atoms with E-state index in [2.05, 4.69) is 34.6 Å². The lowest BCUT2D eigenvalue weighted by Crippen LogP contribution is -2.14. The Morgan fingerprint density at radius 2 is 1.36 bits per heavy atom. The molecule has 0 aromatic rings. The van der Waals surface area contributed by atoms with Crippen LogP contribution in [0.2, 0.25) is 0 Å². The number of carbonyl (C=O) groups is 1. The SMILES string of the molecule is CO/N=C/C(C)(C)SSC.CON.CSSC(C)(C)C=O.Cl. The number of halogens is 1. The molecule has 0 heterocycles. The van der Waals surface area contributed by atoms with Crippen molar-refractivity contribution in [3.63, 3.8) is 0 Å². The van der Waals surface area contributed by atoms with Gasteiger partial charge in [-0.2, -0.15) is 0 Å². The van der Waals surface area contributed by atoms with Gasteiger partial charge in [-0.15, -0.1) is 12.4 Å². The van der Waals surface area contributed by atoms with E-state index in [1.54, 1.807) is 56.5 Å². The summed E-state index contributed by atoms with van der Waals surface area (Å²) in [5.74, 6) is 4.35. The molecule has 0 saturated heterocycles. The maximum Gasteiger partial charge on any atom is 0.136 e. The van der Waals surface area contributed by atoms with Crippen LogP contribution >= 0.6 is 55.6 Å². The fraction of sp³-hybridized carbons (Fsp3) is 0.833. The molecule has 0 unspecified atom stereocenters. The van der Waals surface area contributed by atoms with Crippen molar-refractivity contribution < 1.29 is 14.5 Å². The van der Waals surface area contributed by atoms with Gasteiger partial charge in [0.2, 0.25) is 0 Å². The highest BCUT2D eigenvalue weighted by Gasteiger charge is 2.15. The molecule has 0 aliphatic heterocycles. The van der Waals surface area contributed by atoms with Crippen molar-refractivity contribution in [1.82, 2.24) is 0 Å². The molecule has 5 nitrogen and oxygen atoms in total. The first kappa shape index (κ1) is 30.6. The Labute approximate surface area is 157 Å². The van der Waals surface area contributed by atoms with Crippen LogP contribution in [0.3, 0.4) is 0 Å². The highest BCUT2D eigenvalue weighted by Crippen LogP contribution is 2.32. The first-order valence-corrected chi connectivity index (χ1v) is 11.0. The average Bonchev–Trinajstić information content (AvgIpc) is 2.38. The quantitative estimate of drug-likeness (QED) is 0.287. The van der Waals surface area contributed by atoms with Crippen molar-refractivity contribution >= 4 is 68.1 Å². The van der Waals surface area contributed by atoms with Crippen LogP contribution in [-0.2, 0) is 14.5 Å². The number of rotatable bonds is 7. The minimum atomic E-state index is -0.209. The van der Waals surface area contributed by atoms with Gasteiger partial charge in [-0.25, -0.2) is 5.90 Å². The van der Waals surface area contributed by atoms with Crippen LogP contribution in [0, 0.1) is 0 Å². The minimum absolute atomic E-state index is 0. The summed E-state index contributed by atoms with van der Waals surface area (Å²) in [4.78, 5) is 18.5. The first-order chi connectivity index (χ1) is 9.66. The Morgan fingerprint density at radius 3 is 1.59 bits per heavy atom. The summed E-state index contributed by atoms with van der Waals surface area (Å²) in [6, 6.07) is 0. The summed E-state index contributed by atoms with van der Waals surface area (Å²) in [6.07, 6.45) is 6.78. The van der Waals surface area contributed by atoms with E-state index >= 15 is 0 Å². The van der Waals surface area contributed by atoms with Gasteiger partial charge in [0, 0.05) is 0 Å². The average molecular weight is 413 g/mol. The molecule has 2 N–H and O–H groups in total. The molecule has 0 aromatic carbocycles. The number of oxime groups is 1. The second kappa shape index (κ2) is 19.8. The molecular weight excluding hydrogens is 384 g/mol. The van der Waals surface area contributed by atoms with E-state index in [9.17, 15) is 4.79 Å². The predicted octanol–water partition coefficient (Wildman–Crippen LogP) is 4.31. The van der Waals surface area contributed by atoms with Crippen molar-refractivity contribution in [2.45, 2.75) is 37.2 Å². The van der Waals surface area contributed by atoms with Crippen molar-refractivity contribution in [2.24, 2.45) is 11.1 Å². The topological polar surface area (TPSA) is 73.9 Å². The molecule has 0 aliphatic carbocycles. The monoisotopic (exact) mass is 412 g/mol. The van der Waals surface area contributed by atoms with Gasteiger partial charge in [0.05, 0.1) is 22.8 Å². The summed E-state index contributed by atoms with van der Waals surface area (Å²) in [5.41, 5.74) is 0. The molecule has 22 heavy (non-hydrogen) atoms. The highest BCUT2D eigenvalue weighted by molar-refractivity contribution is 8.77. The maximum atomic E-state index is 10.2. The molecule has 136 valence electrons. The Hall–Kier alpha value is 0.750. The normalized spacial score (nSPS) is 10.6. The summed E-state index contributed by atoms with van der Waals surface area (Å²) in [6.45, 7) is 8.00. The second-order valence-electron chi connectivity index (χ2n) is 4.48. The van der Waals surface area contributed by atoms with Gasteiger partial charge in [0.15, 0.2) is 0 Å². The maximum absolute atomic E-state index is 10.2. The van der Waals surface area contributed by atoms with Gasteiger partial charge in [0.1, 0.15) is 13.4 Å². The molecule has 10 heteroatoms. The standard InChI is InChI=1S/C6H13NOS2.C5H10OS2.CH5NO.ClH/c1-6(2,10-9-4)5-7-8-3;1-5(2,4-6)8-7-3;1-3-2;/h5H,1-4H3;4H,1-3H3;2H2,1H3;1H/b7-5+;;;. The summed E-state index contributed by atoms with van der Waals surface area (Å²) in [5, 5.41) is 3.70. The number of nitrogens with zero attached hydrogens (tertiary/aromatic N) is 1. The molecule has 0 spiro atoms. The fourth-order valence-electron chi connectivity index (χ4n) is 0.650. The van der Waals surface area contributed by atoms with Crippen molar-refractivity contribution in [2.75, 3.05) is 26.7 Å². The van der Waals surface area contributed by atoms with Crippen LogP contribution in [0.25, 0.3) is 0 Å². The van der Waals surface area contributed by atoms with Gasteiger partial charge >= 0.3 is 0 Å². The summed E-state index contributed by atoms with van der Waals surface area (Å²) < 4.78 is -0.144. The van der Waals surface area contributed by atoms with Gasteiger partial charge in [-0.3, -0.25) is 0 Å². The van der Waals surface area contributed by atoms with E-state index in [0.29, 0.717) is 0 Å². The zero-order valence-corrected chi connectivity index (χ0v) is 18.5. The second-order valence-corrected chi connectivity index (χ2v) is 10.6. The molecular formula is C12H29ClN2O3S4. The van der Waals surface area contributed by atoms with E-state index in [1.807, 2.05) is 26.4 Å². The van der Waals surface area contributed by atoms with Crippen LogP contribution in [0.5, 0.6) is 0 Å². The third kappa shape index (κ3) is 28.8. The molecule has 0 fully saturated rings. The third-order valence-electron chi connectivity index (χ3n) is 1.35. The molecule has 0 bridgehead atoms. The Bertz CT molecular complexity index is 271.